The third-order valence-electron chi connectivity index (χ3n) is 5.84. The summed E-state index contributed by atoms with van der Waals surface area (Å²) >= 11 is 0. The molecule has 168 valence electrons. The zero-order valence-electron chi connectivity index (χ0n) is 17.4. The van der Waals surface area contributed by atoms with Gasteiger partial charge in [-0.1, -0.05) is 18.2 Å². The van der Waals surface area contributed by atoms with Crippen molar-refractivity contribution >= 4 is 11.6 Å². The van der Waals surface area contributed by atoms with E-state index in [9.17, 15) is 22.4 Å². The fourth-order valence-electron chi connectivity index (χ4n) is 4.05. The average molecular weight is 437 g/mol. The first-order chi connectivity index (χ1) is 14.7. The Bertz CT molecular complexity index is 911. The van der Waals surface area contributed by atoms with Crippen molar-refractivity contribution in [2.24, 2.45) is 10.7 Å². The van der Waals surface area contributed by atoms with Crippen molar-refractivity contribution in [1.82, 2.24) is 5.32 Å². The van der Waals surface area contributed by atoms with Crippen molar-refractivity contribution in [3.63, 3.8) is 0 Å². The minimum atomic E-state index is -2.94. The summed E-state index contributed by atoms with van der Waals surface area (Å²) < 4.78 is 55.9. The molecule has 1 aromatic carbocycles. The van der Waals surface area contributed by atoms with E-state index in [1.807, 2.05) is 0 Å². The van der Waals surface area contributed by atoms with Crippen LogP contribution in [0.1, 0.15) is 63.0 Å². The maximum absolute atomic E-state index is 15.0. The molecular formula is C23H27F4N3O. The predicted octanol–water partition coefficient (Wildman–Crippen LogP) is 5.05. The summed E-state index contributed by atoms with van der Waals surface area (Å²) in [4.78, 5) is 16.8. The van der Waals surface area contributed by atoms with Gasteiger partial charge in [0.15, 0.2) is 5.78 Å². The van der Waals surface area contributed by atoms with E-state index in [1.54, 1.807) is 13.1 Å². The van der Waals surface area contributed by atoms with E-state index in [1.165, 1.54) is 18.2 Å². The Labute approximate surface area is 179 Å². The Balaban J connectivity index is 2.01. The molecule has 3 aliphatic rings. The van der Waals surface area contributed by atoms with Crippen LogP contribution in [0.4, 0.5) is 17.6 Å². The maximum Gasteiger partial charge on any atom is 0.266 e. The van der Waals surface area contributed by atoms with Crippen LogP contribution in [0.2, 0.25) is 0 Å². The van der Waals surface area contributed by atoms with Crippen molar-refractivity contribution < 1.29 is 22.4 Å². The van der Waals surface area contributed by atoms with Crippen LogP contribution in [0.3, 0.4) is 0 Å². The molecule has 1 saturated carbocycles. The molecule has 0 aromatic heterocycles. The van der Waals surface area contributed by atoms with E-state index in [0.29, 0.717) is 31.3 Å². The third-order valence-corrected chi connectivity index (χ3v) is 5.84. The number of halogens is 4. The van der Waals surface area contributed by atoms with Crippen LogP contribution >= 0.6 is 0 Å². The minimum Gasteiger partial charge on any atom is -0.388 e. The van der Waals surface area contributed by atoms with Crippen LogP contribution in [-0.4, -0.2) is 23.3 Å². The summed E-state index contributed by atoms with van der Waals surface area (Å²) in [6, 6.07) is 3.87. The fraction of sp³-hybridized carbons (Fsp3) is 0.478. The van der Waals surface area contributed by atoms with E-state index in [4.69, 9.17) is 5.73 Å². The number of rotatable bonds is 4. The Hall–Kier alpha value is -2.64. The van der Waals surface area contributed by atoms with E-state index in [-0.39, 0.29) is 48.2 Å². The van der Waals surface area contributed by atoms with E-state index in [2.05, 4.69) is 10.3 Å². The quantitative estimate of drug-likeness (QED) is 0.393. The summed E-state index contributed by atoms with van der Waals surface area (Å²) in [6.07, 6.45) is 1.99. The molecule has 3 N–H and O–H groups in total. The first-order valence-corrected chi connectivity index (χ1v) is 10.4. The normalized spacial score (nSPS) is 28.8. The van der Waals surface area contributed by atoms with Crippen LogP contribution < -0.4 is 11.1 Å². The third kappa shape index (κ3) is 5.95. The summed E-state index contributed by atoms with van der Waals surface area (Å²) in [5, 5.41) is 3.23. The monoisotopic (exact) mass is 437 g/mol. The lowest BCUT2D eigenvalue weighted by Gasteiger charge is -2.34. The van der Waals surface area contributed by atoms with Crippen molar-refractivity contribution in [2.75, 3.05) is 0 Å². The number of amidine groups is 1. The van der Waals surface area contributed by atoms with Gasteiger partial charge in [-0.15, -0.1) is 0 Å². The van der Waals surface area contributed by atoms with E-state index < -0.39 is 23.5 Å². The number of carbonyl (C=O) groups is 1. The highest BCUT2D eigenvalue weighted by Gasteiger charge is 2.35. The Morgan fingerprint density at radius 1 is 1.29 bits per heavy atom. The number of nitrogens with two attached hydrogens (primary N) is 1. The predicted molar refractivity (Wildman–Crippen MR) is 112 cm³/mol. The molecule has 4 rings (SSSR count). The number of alkyl halides is 3. The number of carbonyl (C=O) groups excluding carboxylic acids is 1. The van der Waals surface area contributed by atoms with Crippen molar-refractivity contribution in [2.45, 2.75) is 70.0 Å². The number of ketones is 1. The minimum absolute atomic E-state index is 0.0236. The molecule has 2 bridgehead atoms. The van der Waals surface area contributed by atoms with Crippen LogP contribution in [0, 0.1) is 5.82 Å². The van der Waals surface area contributed by atoms with Crippen LogP contribution in [0.25, 0.3) is 0 Å². The molecule has 2 heterocycles. The highest BCUT2D eigenvalue weighted by atomic mass is 19.3. The molecule has 8 heteroatoms. The highest BCUT2D eigenvalue weighted by molar-refractivity contribution is 5.92. The Morgan fingerprint density at radius 3 is 2.65 bits per heavy atom. The lowest BCUT2D eigenvalue weighted by Crippen LogP contribution is -2.37. The van der Waals surface area contributed by atoms with Gasteiger partial charge in [0.25, 0.3) is 6.43 Å². The topological polar surface area (TPSA) is 67.5 Å². The molecule has 0 saturated heterocycles. The number of aliphatic imine (C=N–C) groups is 1. The summed E-state index contributed by atoms with van der Waals surface area (Å²) in [5.74, 6) is -1.11. The first-order valence-electron chi connectivity index (χ1n) is 10.4. The van der Waals surface area contributed by atoms with Gasteiger partial charge < -0.3 is 11.1 Å². The number of benzene rings is 1. The zero-order valence-corrected chi connectivity index (χ0v) is 17.4. The number of nitrogens with one attached hydrogen (secondary N) is 1. The molecule has 0 radical (unpaired) electrons. The second-order valence-electron chi connectivity index (χ2n) is 8.31. The van der Waals surface area contributed by atoms with Crippen LogP contribution in [0.15, 0.2) is 46.7 Å². The van der Waals surface area contributed by atoms with Crippen molar-refractivity contribution in [1.29, 1.82) is 0 Å². The van der Waals surface area contributed by atoms with Gasteiger partial charge in [0.05, 0.1) is 17.1 Å². The van der Waals surface area contributed by atoms with Gasteiger partial charge in [-0.05, 0) is 50.2 Å². The van der Waals surface area contributed by atoms with E-state index >= 15 is 0 Å². The first kappa shape index (κ1) is 23.0. The maximum atomic E-state index is 15.0. The summed E-state index contributed by atoms with van der Waals surface area (Å²) in [5.41, 5.74) is 4.43. The molecule has 0 atom stereocenters. The summed E-state index contributed by atoms with van der Waals surface area (Å²) in [7, 11) is 0. The van der Waals surface area contributed by atoms with E-state index in [0.717, 1.165) is 6.07 Å². The second kappa shape index (κ2) is 9.66. The fourth-order valence-corrected chi connectivity index (χ4v) is 4.05. The number of nitrogens with zero attached hydrogens (tertiary/aromatic N) is 1. The van der Waals surface area contributed by atoms with Gasteiger partial charge in [-0.2, -0.15) is 0 Å². The molecule has 4 nitrogen and oxygen atoms in total. The van der Waals surface area contributed by atoms with Gasteiger partial charge in [0.1, 0.15) is 11.5 Å². The molecule has 0 unspecified atom stereocenters. The smallest absolute Gasteiger partial charge is 0.266 e. The summed E-state index contributed by atoms with van der Waals surface area (Å²) in [6.45, 7) is 1.54. The van der Waals surface area contributed by atoms with Gasteiger partial charge in [-0.3, -0.25) is 4.79 Å². The lowest BCUT2D eigenvalue weighted by atomic mass is 9.80. The molecule has 0 spiro atoms. The molecule has 0 amide bonds. The van der Waals surface area contributed by atoms with Crippen molar-refractivity contribution in [3.05, 3.63) is 58.7 Å². The Morgan fingerprint density at radius 2 is 2.00 bits per heavy atom. The van der Waals surface area contributed by atoms with Gasteiger partial charge >= 0.3 is 0 Å². The number of hydrogen-bond acceptors (Lipinski definition) is 3. The second-order valence-corrected chi connectivity index (χ2v) is 8.31. The molecule has 2 aliphatic heterocycles. The highest BCUT2D eigenvalue weighted by Crippen LogP contribution is 2.36. The Kier molecular flexibility index (Phi) is 7.18. The SMILES string of the molecule is C/C(N)=N/C1=C/C(=O)CCC2(F)CCC(CC2)N/C=C\1Cc1cccc(C(F)F)c1F. The molecule has 31 heavy (non-hydrogen) atoms. The molecule has 1 aromatic rings. The van der Waals surface area contributed by atoms with Crippen LogP contribution in [-0.2, 0) is 11.2 Å². The number of allylic oxidation sites excluding steroid dienone is 2. The lowest BCUT2D eigenvalue weighted by molar-refractivity contribution is -0.115. The number of fused-ring (bicyclic) bond motifs is 7. The van der Waals surface area contributed by atoms with Gasteiger partial charge in [0, 0.05) is 31.2 Å². The largest absolute Gasteiger partial charge is 0.388 e. The van der Waals surface area contributed by atoms with Crippen LogP contribution in [0.5, 0.6) is 0 Å². The molecular weight excluding hydrogens is 410 g/mol. The van der Waals surface area contributed by atoms with Gasteiger partial charge in [-0.25, -0.2) is 22.6 Å². The van der Waals surface area contributed by atoms with Crippen molar-refractivity contribution in [3.8, 4) is 0 Å². The standard InChI is InChI=1S/C23H27F4N3O/c1-14(28)30-20-12-18(31)7-10-23(27)8-5-17(6-9-23)29-13-16(20)11-15-3-2-4-19(21(15)24)22(25)26/h2-4,12-13,17,22,29H,5-11H2,1H3,(H2,28,30)/b16-13-,20-12+. The van der Waals surface area contributed by atoms with Gasteiger partial charge in [0.2, 0.25) is 0 Å². The zero-order chi connectivity index (χ0) is 22.6. The average Bonchev–Trinajstić information content (AvgIpc) is 2.70. The molecule has 1 fully saturated rings. The number of hydrogen-bond donors (Lipinski definition) is 2. The molecule has 1 aliphatic carbocycles.